The van der Waals surface area contributed by atoms with Crippen molar-refractivity contribution in [3.63, 3.8) is 0 Å². The molecule has 190 valence electrons. The number of benzene rings is 2. The van der Waals surface area contributed by atoms with Crippen molar-refractivity contribution in [1.29, 1.82) is 0 Å². The van der Waals surface area contributed by atoms with Gasteiger partial charge < -0.3 is 5.32 Å². The topological polar surface area (TPSA) is 126 Å². The summed E-state index contributed by atoms with van der Waals surface area (Å²) in [4.78, 5) is 20.7. The minimum Gasteiger partial charge on any atom is -0.321 e. The molecular weight excluding hydrogens is 524 g/mol. The van der Waals surface area contributed by atoms with Crippen LogP contribution in [0.1, 0.15) is 40.9 Å². The zero-order chi connectivity index (χ0) is 25.9. The molecule has 1 fully saturated rings. The molecule has 1 aliphatic rings. The van der Waals surface area contributed by atoms with E-state index >= 15 is 0 Å². The second-order valence-corrected chi connectivity index (χ2v) is 12.8. The van der Waals surface area contributed by atoms with Crippen molar-refractivity contribution in [3.05, 3.63) is 76.6 Å². The maximum absolute atomic E-state index is 12.9. The highest BCUT2D eigenvalue weighted by Crippen LogP contribution is 2.23. The van der Waals surface area contributed by atoms with E-state index in [0.717, 1.165) is 31.0 Å². The summed E-state index contributed by atoms with van der Waals surface area (Å²) >= 11 is 6.09. The Bertz CT molecular complexity index is 1490. The molecule has 0 bridgehead atoms. The van der Waals surface area contributed by atoms with E-state index in [0.29, 0.717) is 24.3 Å². The number of nitrogens with one attached hydrogen (secondary N) is 1. The van der Waals surface area contributed by atoms with Crippen molar-refractivity contribution < 1.29 is 21.6 Å². The van der Waals surface area contributed by atoms with Gasteiger partial charge >= 0.3 is 0 Å². The minimum atomic E-state index is -3.94. The molecule has 1 aliphatic heterocycles. The van der Waals surface area contributed by atoms with Gasteiger partial charge in [-0.1, -0.05) is 47.9 Å². The number of aromatic nitrogens is 2. The molecule has 0 radical (unpaired) electrons. The van der Waals surface area contributed by atoms with Crippen LogP contribution in [0, 0.1) is 6.92 Å². The summed E-state index contributed by atoms with van der Waals surface area (Å²) in [6, 6.07) is 12.8. The van der Waals surface area contributed by atoms with Gasteiger partial charge in [-0.3, -0.25) is 4.79 Å². The van der Waals surface area contributed by atoms with Gasteiger partial charge in [0.05, 0.1) is 21.9 Å². The first-order valence-corrected chi connectivity index (χ1v) is 14.8. The fraction of sp³-hybridized carbons (Fsp3) is 0.292. The number of nitrogens with zero attached hydrogens (tertiary/aromatic N) is 3. The second kappa shape index (κ2) is 10.6. The Kier molecular flexibility index (Phi) is 7.74. The lowest BCUT2D eigenvalue weighted by molar-refractivity contribution is 0.102. The fourth-order valence-corrected chi connectivity index (χ4v) is 6.79. The molecule has 0 atom stereocenters. The van der Waals surface area contributed by atoms with E-state index in [1.54, 1.807) is 18.2 Å². The lowest BCUT2D eigenvalue weighted by Gasteiger charge is -2.25. The standard InChI is InChI=1S/C24H25ClN4O5S2/c1-17-6-5-7-18(14-17)16-35(31,32)24-26-15-21(25)22(28-24)23(30)27-19-8-10-20(11-9-19)36(33,34)29-12-3-2-4-13-29/h5-11,14-15H,2-4,12-13,16H2,1H3,(H,27,30). The van der Waals surface area contributed by atoms with Crippen molar-refractivity contribution in [2.45, 2.75) is 42.0 Å². The monoisotopic (exact) mass is 548 g/mol. The molecule has 1 saturated heterocycles. The fourth-order valence-electron chi connectivity index (χ4n) is 3.90. The number of aryl methyl sites for hydroxylation is 1. The molecule has 9 nitrogen and oxygen atoms in total. The van der Waals surface area contributed by atoms with Crippen molar-refractivity contribution in [1.82, 2.24) is 14.3 Å². The predicted molar refractivity (Wildman–Crippen MR) is 136 cm³/mol. The van der Waals surface area contributed by atoms with Crippen LogP contribution in [0.25, 0.3) is 0 Å². The van der Waals surface area contributed by atoms with Crippen molar-refractivity contribution in [3.8, 4) is 0 Å². The van der Waals surface area contributed by atoms with Crippen LogP contribution in [-0.2, 0) is 25.6 Å². The Morgan fingerprint density at radius 2 is 1.72 bits per heavy atom. The van der Waals surface area contributed by atoms with Crippen LogP contribution in [-0.4, -0.2) is 50.1 Å². The smallest absolute Gasteiger partial charge is 0.275 e. The number of rotatable bonds is 7. The Morgan fingerprint density at radius 3 is 2.39 bits per heavy atom. The van der Waals surface area contributed by atoms with Crippen LogP contribution in [0.2, 0.25) is 5.02 Å². The summed E-state index contributed by atoms with van der Waals surface area (Å²) in [5.74, 6) is -1.08. The number of halogens is 1. The summed E-state index contributed by atoms with van der Waals surface area (Å²) in [5, 5.41) is 1.94. The Balaban J connectivity index is 1.51. The molecule has 2 aromatic carbocycles. The first-order chi connectivity index (χ1) is 17.1. The Hall–Kier alpha value is -2.86. The lowest BCUT2D eigenvalue weighted by atomic mass is 10.2. The summed E-state index contributed by atoms with van der Waals surface area (Å²) in [7, 11) is -7.55. The first kappa shape index (κ1) is 26.2. The third-order valence-electron chi connectivity index (χ3n) is 5.72. The largest absolute Gasteiger partial charge is 0.321 e. The number of sulfonamides is 1. The number of sulfone groups is 1. The normalized spacial score (nSPS) is 14.9. The van der Waals surface area contributed by atoms with Crippen LogP contribution >= 0.6 is 11.6 Å². The molecule has 0 saturated carbocycles. The zero-order valence-electron chi connectivity index (χ0n) is 19.5. The molecule has 1 N–H and O–H groups in total. The van der Waals surface area contributed by atoms with Gasteiger partial charge in [-0.15, -0.1) is 0 Å². The van der Waals surface area contributed by atoms with E-state index in [1.807, 2.05) is 13.0 Å². The highest BCUT2D eigenvalue weighted by molar-refractivity contribution is 7.90. The quantitative estimate of drug-likeness (QED) is 0.444. The average Bonchev–Trinajstić information content (AvgIpc) is 2.85. The molecule has 1 amide bonds. The first-order valence-electron chi connectivity index (χ1n) is 11.3. The highest BCUT2D eigenvalue weighted by Gasteiger charge is 2.26. The lowest BCUT2D eigenvalue weighted by Crippen LogP contribution is -2.35. The molecule has 12 heteroatoms. The SMILES string of the molecule is Cc1cccc(CS(=O)(=O)c2ncc(Cl)c(C(=O)Nc3ccc(S(=O)(=O)N4CCCCC4)cc3)n2)c1. The van der Waals surface area contributed by atoms with E-state index < -0.39 is 30.9 Å². The molecule has 36 heavy (non-hydrogen) atoms. The maximum atomic E-state index is 12.9. The van der Waals surface area contributed by atoms with Gasteiger partial charge in [0.25, 0.3) is 5.91 Å². The molecule has 0 spiro atoms. The van der Waals surface area contributed by atoms with Gasteiger partial charge in [0.1, 0.15) is 0 Å². The van der Waals surface area contributed by atoms with Gasteiger partial charge in [-0.05, 0) is 49.6 Å². The van der Waals surface area contributed by atoms with Gasteiger partial charge in [0, 0.05) is 18.8 Å². The van der Waals surface area contributed by atoms with Crippen LogP contribution in [0.15, 0.2) is 64.8 Å². The van der Waals surface area contributed by atoms with Gasteiger partial charge in [-0.25, -0.2) is 26.8 Å². The van der Waals surface area contributed by atoms with Crippen LogP contribution in [0.4, 0.5) is 5.69 Å². The summed E-state index contributed by atoms with van der Waals surface area (Å²) in [6.45, 7) is 2.83. The molecule has 4 rings (SSSR count). The maximum Gasteiger partial charge on any atom is 0.275 e. The molecule has 0 unspecified atom stereocenters. The third-order valence-corrected chi connectivity index (χ3v) is 9.38. The number of carbonyl (C=O) groups is 1. The molecule has 0 aliphatic carbocycles. The van der Waals surface area contributed by atoms with Crippen molar-refractivity contribution >= 4 is 43.1 Å². The minimum absolute atomic E-state index is 0.119. The van der Waals surface area contributed by atoms with E-state index in [1.165, 1.54) is 28.6 Å². The summed E-state index contributed by atoms with van der Waals surface area (Å²) in [6.07, 6.45) is 3.74. The molecule has 3 aromatic rings. The average molecular weight is 549 g/mol. The van der Waals surface area contributed by atoms with Crippen LogP contribution < -0.4 is 5.32 Å². The van der Waals surface area contributed by atoms with Gasteiger partial charge in [0.15, 0.2) is 5.69 Å². The summed E-state index contributed by atoms with van der Waals surface area (Å²) in [5.41, 5.74) is 1.48. The second-order valence-electron chi connectivity index (χ2n) is 8.54. The number of hydrogen-bond donors (Lipinski definition) is 1. The predicted octanol–water partition coefficient (Wildman–Crippen LogP) is 3.84. The summed E-state index contributed by atoms with van der Waals surface area (Å²) < 4.78 is 52.8. The molecule has 2 heterocycles. The van der Waals surface area contributed by atoms with Crippen molar-refractivity contribution in [2.24, 2.45) is 0 Å². The number of carbonyl (C=O) groups excluding carboxylic acids is 1. The van der Waals surface area contributed by atoms with Gasteiger partial charge in [-0.2, -0.15) is 4.31 Å². The number of hydrogen-bond acceptors (Lipinski definition) is 7. The molecule has 1 aromatic heterocycles. The van der Waals surface area contributed by atoms with E-state index in [-0.39, 0.29) is 21.4 Å². The van der Waals surface area contributed by atoms with E-state index in [9.17, 15) is 21.6 Å². The van der Waals surface area contributed by atoms with Gasteiger partial charge in [0.2, 0.25) is 25.0 Å². The van der Waals surface area contributed by atoms with Crippen molar-refractivity contribution in [2.75, 3.05) is 18.4 Å². The zero-order valence-corrected chi connectivity index (χ0v) is 21.9. The van der Waals surface area contributed by atoms with Crippen LogP contribution in [0.3, 0.4) is 0 Å². The van der Waals surface area contributed by atoms with E-state index in [4.69, 9.17) is 11.6 Å². The number of amides is 1. The Morgan fingerprint density at radius 1 is 1.03 bits per heavy atom. The van der Waals surface area contributed by atoms with E-state index in [2.05, 4.69) is 15.3 Å². The van der Waals surface area contributed by atoms with Crippen LogP contribution in [0.5, 0.6) is 0 Å². The number of anilines is 1. The third kappa shape index (κ3) is 5.92. The molecular formula is C24H25ClN4O5S2. The highest BCUT2D eigenvalue weighted by atomic mass is 35.5. The number of piperidine rings is 1. The Labute approximate surface area is 215 Å².